The number of benzene rings is 1. The van der Waals surface area contributed by atoms with Crippen molar-refractivity contribution in [3.05, 3.63) is 30.1 Å². The average Bonchev–Trinajstić information content (AvgIpc) is 3.02. The summed E-state index contributed by atoms with van der Waals surface area (Å²) >= 11 is 0. The number of aryl methyl sites for hydroxylation is 1. The van der Waals surface area contributed by atoms with E-state index in [9.17, 15) is 0 Å². The number of hydrogen-bond donors (Lipinski definition) is 1. The van der Waals surface area contributed by atoms with Gasteiger partial charge in [-0.3, -0.25) is 0 Å². The smallest absolute Gasteiger partial charge is 0.156 e. The maximum atomic E-state index is 5.55. The molecule has 1 aliphatic heterocycles. The van der Waals surface area contributed by atoms with Gasteiger partial charge in [-0.1, -0.05) is 0 Å². The molecule has 6 heteroatoms. The fourth-order valence-corrected chi connectivity index (χ4v) is 2.78. The van der Waals surface area contributed by atoms with Crippen molar-refractivity contribution >= 4 is 5.69 Å². The van der Waals surface area contributed by atoms with Crippen molar-refractivity contribution in [3.63, 3.8) is 0 Å². The van der Waals surface area contributed by atoms with Crippen LogP contribution >= 0.6 is 0 Å². The monoisotopic (exact) mass is 286 g/mol. The van der Waals surface area contributed by atoms with Crippen LogP contribution in [0.1, 0.15) is 31.5 Å². The third kappa shape index (κ3) is 3.21. The maximum Gasteiger partial charge on any atom is 0.156 e. The van der Waals surface area contributed by atoms with Crippen LogP contribution in [0.4, 0.5) is 5.69 Å². The van der Waals surface area contributed by atoms with Crippen LogP contribution in [0.25, 0.3) is 5.69 Å². The van der Waals surface area contributed by atoms with E-state index in [2.05, 4.69) is 44.7 Å². The van der Waals surface area contributed by atoms with Crippen molar-refractivity contribution in [2.24, 2.45) is 5.73 Å². The van der Waals surface area contributed by atoms with Gasteiger partial charge in [0, 0.05) is 25.2 Å². The van der Waals surface area contributed by atoms with Gasteiger partial charge in [0.05, 0.1) is 5.69 Å². The van der Waals surface area contributed by atoms with Crippen molar-refractivity contribution in [3.8, 4) is 5.69 Å². The highest BCUT2D eigenvalue weighted by Gasteiger charge is 2.12. The van der Waals surface area contributed by atoms with Crippen molar-refractivity contribution in [2.75, 3.05) is 24.5 Å². The van der Waals surface area contributed by atoms with Gasteiger partial charge in [-0.05, 0) is 66.9 Å². The topological polar surface area (TPSA) is 72.9 Å². The zero-order valence-corrected chi connectivity index (χ0v) is 12.3. The van der Waals surface area contributed by atoms with Gasteiger partial charge in [0.1, 0.15) is 0 Å². The molecule has 0 unspecified atom stereocenters. The molecule has 2 heterocycles. The van der Waals surface area contributed by atoms with E-state index in [0.29, 0.717) is 6.54 Å². The number of hydrogen-bond acceptors (Lipinski definition) is 5. The Kier molecular flexibility index (Phi) is 4.45. The maximum absolute atomic E-state index is 5.55. The summed E-state index contributed by atoms with van der Waals surface area (Å²) in [6.45, 7) is 2.97. The molecule has 1 fully saturated rings. The van der Waals surface area contributed by atoms with Crippen molar-refractivity contribution in [2.45, 2.75) is 32.1 Å². The zero-order chi connectivity index (χ0) is 14.5. The van der Waals surface area contributed by atoms with Crippen LogP contribution in [-0.4, -0.2) is 39.8 Å². The summed E-state index contributed by atoms with van der Waals surface area (Å²) in [7, 11) is 0. The SMILES string of the molecule is NCCCc1nnnn1-c1ccc(N2CCCCC2)cc1. The van der Waals surface area contributed by atoms with Crippen LogP contribution in [0.2, 0.25) is 0 Å². The van der Waals surface area contributed by atoms with E-state index in [4.69, 9.17) is 5.73 Å². The Labute approximate surface area is 124 Å². The van der Waals surface area contributed by atoms with Crippen molar-refractivity contribution < 1.29 is 0 Å². The van der Waals surface area contributed by atoms with E-state index in [1.165, 1.54) is 24.9 Å². The molecule has 0 spiro atoms. The summed E-state index contributed by atoms with van der Waals surface area (Å²) in [5.74, 6) is 0.867. The number of nitrogens with zero attached hydrogens (tertiary/aromatic N) is 5. The van der Waals surface area contributed by atoms with E-state index in [1.807, 2.05) is 0 Å². The van der Waals surface area contributed by atoms with Gasteiger partial charge in [-0.2, -0.15) is 4.68 Å². The minimum atomic E-state index is 0.654. The molecule has 6 nitrogen and oxygen atoms in total. The van der Waals surface area contributed by atoms with E-state index in [0.717, 1.165) is 37.4 Å². The summed E-state index contributed by atoms with van der Waals surface area (Å²) in [5.41, 5.74) is 7.85. The third-order valence-corrected chi connectivity index (χ3v) is 3.95. The molecule has 2 aromatic rings. The van der Waals surface area contributed by atoms with Crippen LogP contribution in [-0.2, 0) is 6.42 Å². The molecule has 0 bridgehead atoms. The number of anilines is 1. The van der Waals surface area contributed by atoms with Gasteiger partial charge in [-0.15, -0.1) is 5.10 Å². The number of nitrogens with two attached hydrogens (primary N) is 1. The first kappa shape index (κ1) is 14.0. The van der Waals surface area contributed by atoms with Crippen molar-refractivity contribution in [1.82, 2.24) is 20.2 Å². The highest BCUT2D eigenvalue weighted by molar-refractivity contribution is 5.51. The van der Waals surface area contributed by atoms with Crippen LogP contribution in [0.3, 0.4) is 0 Å². The molecule has 112 valence electrons. The lowest BCUT2D eigenvalue weighted by Gasteiger charge is -2.28. The number of rotatable bonds is 5. The normalized spacial score (nSPS) is 15.4. The van der Waals surface area contributed by atoms with Gasteiger partial charge in [0.2, 0.25) is 0 Å². The minimum Gasteiger partial charge on any atom is -0.372 e. The first-order chi connectivity index (χ1) is 10.4. The van der Waals surface area contributed by atoms with Gasteiger partial charge in [0.15, 0.2) is 5.82 Å². The van der Waals surface area contributed by atoms with Crippen LogP contribution < -0.4 is 10.6 Å². The molecule has 1 aliphatic rings. The van der Waals surface area contributed by atoms with E-state index in [-0.39, 0.29) is 0 Å². The second-order valence-corrected chi connectivity index (χ2v) is 5.46. The first-order valence-electron chi connectivity index (χ1n) is 7.71. The molecule has 1 saturated heterocycles. The van der Waals surface area contributed by atoms with Gasteiger partial charge in [-0.25, -0.2) is 0 Å². The Morgan fingerprint density at radius 3 is 2.43 bits per heavy atom. The molecule has 2 N–H and O–H groups in total. The van der Waals surface area contributed by atoms with E-state index < -0.39 is 0 Å². The summed E-state index contributed by atoms with van der Waals surface area (Å²) in [5, 5.41) is 11.9. The van der Waals surface area contributed by atoms with Crippen LogP contribution in [0.15, 0.2) is 24.3 Å². The molecule has 0 aliphatic carbocycles. The lowest BCUT2D eigenvalue weighted by molar-refractivity contribution is 0.578. The van der Waals surface area contributed by atoms with Crippen LogP contribution in [0, 0.1) is 0 Å². The first-order valence-corrected chi connectivity index (χ1v) is 7.71. The minimum absolute atomic E-state index is 0.654. The van der Waals surface area contributed by atoms with E-state index in [1.54, 1.807) is 4.68 Å². The molecule has 0 saturated carbocycles. The van der Waals surface area contributed by atoms with Crippen LogP contribution in [0.5, 0.6) is 0 Å². The van der Waals surface area contributed by atoms with Gasteiger partial charge in [0.25, 0.3) is 0 Å². The zero-order valence-electron chi connectivity index (χ0n) is 12.3. The van der Waals surface area contributed by atoms with Crippen molar-refractivity contribution in [1.29, 1.82) is 0 Å². The summed E-state index contributed by atoms with van der Waals surface area (Å²) in [6.07, 6.45) is 5.63. The Morgan fingerprint density at radius 1 is 1.00 bits per heavy atom. The molecule has 1 aromatic carbocycles. The highest BCUT2D eigenvalue weighted by Crippen LogP contribution is 2.21. The second-order valence-electron chi connectivity index (χ2n) is 5.46. The average molecular weight is 286 g/mol. The third-order valence-electron chi connectivity index (χ3n) is 3.95. The molecule has 0 atom stereocenters. The van der Waals surface area contributed by atoms with E-state index >= 15 is 0 Å². The molecular formula is C15H22N6. The Morgan fingerprint density at radius 2 is 1.71 bits per heavy atom. The Balaban J connectivity index is 1.76. The largest absolute Gasteiger partial charge is 0.372 e. The fraction of sp³-hybridized carbons (Fsp3) is 0.533. The highest BCUT2D eigenvalue weighted by atomic mass is 15.5. The molecular weight excluding hydrogens is 264 g/mol. The quantitative estimate of drug-likeness (QED) is 0.902. The Hall–Kier alpha value is -1.95. The molecule has 0 amide bonds. The van der Waals surface area contributed by atoms with Gasteiger partial charge >= 0.3 is 0 Å². The van der Waals surface area contributed by atoms with Gasteiger partial charge < -0.3 is 10.6 Å². The number of piperidine rings is 1. The molecule has 3 rings (SSSR count). The standard InChI is InChI=1S/C15H22N6/c16-10-4-5-15-17-18-19-21(15)14-8-6-13(7-9-14)20-11-2-1-3-12-20/h6-9H,1-5,10-12,16H2. The molecule has 0 radical (unpaired) electrons. The lowest BCUT2D eigenvalue weighted by Crippen LogP contribution is -2.29. The predicted molar refractivity (Wildman–Crippen MR) is 82.6 cm³/mol. The predicted octanol–water partition coefficient (Wildman–Crippen LogP) is 1.54. The number of aromatic nitrogens is 4. The Bertz CT molecular complexity index is 556. The summed E-state index contributed by atoms with van der Waals surface area (Å²) < 4.78 is 1.80. The number of tetrazole rings is 1. The summed E-state index contributed by atoms with van der Waals surface area (Å²) in [4.78, 5) is 2.45. The summed E-state index contributed by atoms with van der Waals surface area (Å²) in [6, 6.07) is 8.50. The fourth-order valence-electron chi connectivity index (χ4n) is 2.78. The molecule has 1 aromatic heterocycles. The molecule has 21 heavy (non-hydrogen) atoms. The second kappa shape index (κ2) is 6.67. The lowest BCUT2D eigenvalue weighted by atomic mass is 10.1.